The molecule has 1 amide bonds. The molecule has 2 aromatic rings. The van der Waals surface area contributed by atoms with Crippen molar-refractivity contribution in [2.75, 3.05) is 26.8 Å². The van der Waals surface area contributed by atoms with Crippen molar-refractivity contribution < 1.29 is 14.3 Å². The largest absolute Gasteiger partial charge is 0.493 e. The maximum Gasteiger partial charge on any atom is 0.229 e. The van der Waals surface area contributed by atoms with Gasteiger partial charge >= 0.3 is 0 Å². The second kappa shape index (κ2) is 6.69. The second-order valence-corrected chi connectivity index (χ2v) is 8.06. The SMILES string of the molecule is COc1cccc2c1OC[C@@H](C(=O)N1CCC3(C=Cc4ccccc43)CC1)C2. The Labute approximate surface area is 165 Å². The Morgan fingerprint density at radius 2 is 1.96 bits per heavy atom. The highest BCUT2D eigenvalue weighted by atomic mass is 16.5. The molecule has 1 spiro atoms. The van der Waals surface area contributed by atoms with Crippen LogP contribution in [-0.2, 0) is 16.6 Å². The van der Waals surface area contributed by atoms with E-state index >= 15 is 0 Å². The number of carbonyl (C=O) groups is 1. The first-order chi connectivity index (χ1) is 13.7. The quantitative estimate of drug-likeness (QED) is 0.801. The minimum atomic E-state index is -0.111. The molecule has 1 atom stereocenters. The van der Waals surface area contributed by atoms with Gasteiger partial charge in [0.25, 0.3) is 0 Å². The lowest BCUT2D eigenvalue weighted by atomic mass is 9.74. The van der Waals surface area contributed by atoms with E-state index in [1.165, 1.54) is 11.1 Å². The van der Waals surface area contributed by atoms with Gasteiger partial charge in [-0.3, -0.25) is 4.79 Å². The van der Waals surface area contributed by atoms with E-state index in [-0.39, 0.29) is 17.2 Å². The van der Waals surface area contributed by atoms with Crippen molar-refractivity contribution in [3.8, 4) is 11.5 Å². The van der Waals surface area contributed by atoms with Gasteiger partial charge in [0.2, 0.25) is 5.91 Å². The van der Waals surface area contributed by atoms with Gasteiger partial charge in [0.1, 0.15) is 6.61 Å². The van der Waals surface area contributed by atoms with Crippen LogP contribution >= 0.6 is 0 Å². The number of para-hydroxylation sites is 1. The van der Waals surface area contributed by atoms with E-state index in [4.69, 9.17) is 9.47 Å². The van der Waals surface area contributed by atoms with Gasteiger partial charge in [0, 0.05) is 18.5 Å². The first-order valence-corrected chi connectivity index (χ1v) is 10.1. The molecule has 1 aliphatic carbocycles. The van der Waals surface area contributed by atoms with E-state index in [0.717, 1.165) is 49.4 Å². The van der Waals surface area contributed by atoms with Crippen molar-refractivity contribution in [3.05, 3.63) is 65.2 Å². The van der Waals surface area contributed by atoms with E-state index in [0.29, 0.717) is 6.61 Å². The third-order valence-corrected chi connectivity index (χ3v) is 6.57. The number of nitrogens with zero attached hydrogens (tertiary/aromatic N) is 1. The summed E-state index contributed by atoms with van der Waals surface area (Å²) < 4.78 is 11.3. The Hall–Kier alpha value is -2.75. The molecule has 4 heteroatoms. The van der Waals surface area contributed by atoms with Gasteiger partial charge in [-0.05, 0) is 42.0 Å². The molecule has 2 aromatic carbocycles. The van der Waals surface area contributed by atoms with Crippen molar-refractivity contribution in [3.63, 3.8) is 0 Å². The minimum Gasteiger partial charge on any atom is -0.493 e. The zero-order valence-electron chi connectivity index (χ0n) is 16.2. The van der Waals surface area contributed by atoms with Crippen LogP contribution in [0.2, 0.25) is 0 Å². The van der Waals surface area contributed by atoms with Gasteiger partial charge in [-0.15, -0.1) is 0 Å². The molecule has 28 heavy (non-hydrogen) atoms. The predicted molar refractivity (Wildman–Crippen MR) is 109 cm³/mol. The second-order valence-electron chi connectivity index (χ2n) is 8.06. The van der Waals surface area contributed by atoms with Gasteiger partial charge in [-0.2, -0.15) is 0 Å². The number of benzene rings is 2. The molecular weight excluding hydrogens is 350 g/mol. The number of carbonyl (C=O) groups excluding carboxylic acids is 1. The Balaban J connectivity index is 1.28. The Morgan fingerprint density at radius 3 is 2.79 bits per heavy atom. The number of likely N-dealkylation sites (tertiary alicyclic amines) is 1. The summed E-state index contributed by atoms with van der Waals surface area (Å²) >= 11 is 0. The summed E-state index contributed by atoms with van der Waals surface area (Å²) in [5, 5.41) is 0. The van der Waals surface area contributed by atoms with Crippen LogP contribution in [0.3, 0.4) is 0 Å². The lowest BCUT2D eigenvalue weighted by Crippen LogP contribution is -2.48. The number of amides is 1. The molecule has 5 rings (SSSR count). The van der Waals surface area contributed by atoms with Crippen LogP contribution in [0.4, 0.5) is 0 Å². The van der Waals surface area contributed by atoms with Gasteiger partial charge in [0.05, 0.1) is 13.0 Å². The third-order valence-electron chi connectivity index (χ3n) is 6.57. The van der Waals surface area contributed by atoms with Crippen LogP contribution in [0.25, 0.3) is 6.08 Å². The average molecular weight is 375 g/mol. The average Bonchev–Trinajstić information content (AvgIpc) is 3.11. The summed E-state index contributed by atoms with van der Waals surface area (Å²) in [6, 6.07) is 14.5. The molecule has 0 bridgehead atoms. The van der Waals surface area contributed by atoms with Crippen LogP contribution in [0.5, 0.6) is 11.5 Å². The number of rotatable bonds is 2. The summed E-state index contributed by atoms with van der Waals surface area (Å²) in [6.07, 6.45) is 7.29. The summed E-state index contributed by atoms with van der Waals surface area (Å²) in [7, 11) is 1.65. The van der Waals surface area contributed by atoms with Crippen LogP contribution < -0.4 is 9.47 Å². The number of hydrogen-bond acceptors (Lipinski definition) is 3. The number of piperidine rings is 1. The van der Waals surface area contributed by atoms with Crippen molar-refractivity contribution in [2.24, 2.45) is 5.92 Å². The van der Waals surface area contributed by atoms with Crippen LogP contribution in [0.15, 0.2) is 48.5 Å². The van der Waals surface area contributed by atoms with E-state index in [9.17, 15) is 4.79 Å². The standard InChI is InChI=1S/C24H25NO3/c1-27-21-8-4-6-18-15-19(16-28-22(18)21)23(26)25-13-11-24(12-14-25)10-9-17-5-2-3-7-20(17)24/h2-10,19H,11-16H2,1H3/t19-/m0/s1. The van der Waals surface area contributed by atoms with Crippen molar-refractivity contribution >= 4 is 12.0 Å². The van der Waals surface area contributed by atoms with E-state index in [1.807, 2.05) is 23.1 Å². The molecule has 0 unspecified atom stereocenters. The fourth-order valence-electron chi connectivity index (χ4n) is 4.97. The molecule has 144 valence electrons. The van der Waals surface area contributed by atoms with Gasteiger partial charge in [-0.1, -0.05) is 48.6 Å². The summed E-state index contributed by atoms with van der Waals surface area (Å²) in [6.45, 7) is 2.04. The van der Waals surface area contributed by atoms with Crippen LogP contribution in [0, 0.1) is 5.92 Å². The Morgan fingerprint density at radius 1 is 1.14 bits per heavy atom. The van der Waals surface area contributed by atoms with Crippen molar-refractivity contribution in [1.29, 1.82) is 0 Å². The van der Waals surface area contributed by atoms with Gasteiger partial charge < -0.3 is 14.4 Å². The minimum absolute atomic E-state index is 0.108. The molecule has 0 N–H and O–H groups in total. The molecular formula is C24H25NO3. The molecule has 2 aliphatic heterocycles. The molecule has 4 nitrogen and oxygen atoms in total. The normalized spacial score (nSPS) is 21.8. The van der Waals surface area contributed by atoms with Gasteiger partial charge in [0.15, 0.2) is 11.5 Å². The predicted octanol–water partition coefficient (Wildman–Crippen LogP) is 3.83. The van der Waals surface area contributed by atoms with Gasteiger partial charge in [-0.25, -0.2) is 0 Å². The van der Waals surface area contributed by atoms with Crippen molar-refractivity contribution in [1.82, 2.24) is 4.90 Å². The fourth-order valence-corrected chi connectivity index (χ4v) is 4.97. The number of methoxy groups -OCH3 is 1. The molecule has 1 saturated heterocycles. The molecule has 0 aromatic heterocycles. The smallest absolute Gasteiger partial charge is 0.229 e. The molecule has 0 radical (unpaired) electrons. The highest BCUT2D eigenvalue weighted by Gasteiger charge is 2.40. The summed E-state index contributed by atoms with van der Waals surface area (Å²) in [5.74, 6) is 1.65. The first-order valence-electron chi connectivity index (χ1n) is 10.1. The highest BCUT2D eigenvalue weighted by Crippen LogP contribution is 2.44. The maximum absolute atomic E-state index is 13.2. The van der Waals surface area contributed by atoms with Crippen molar-refractivity contribution in [2.45, 2.75) is 24.7 Å². The molecule has 3 aliphatic rings. The zero-order chi connectivity index (χ0) is 19.1. The maximum atomic E-state index is 13.2. The number of hydrogen-bond donors (Lipinski definition) is 0. The van der Waals surface area contributed by atoms with E-state index in [2.05, 4.69) is 36.4 Å². The number of fused-ring (bicyclic) bond motifs is 3. The van der Waals surface area contributed by atoms with Crippen LogP contribution in [0.1, 0.15) is 29.5 Å². The Kier molecular flexibility index (Phi) is 4.15. The molecule has 1 fully saturated rings. The lowest BCUT2D eigenvalue weighted by molar-refractivity contribution is -0.138. The Bertz CT molecular complexity index is 941. The third kappa shape index (κ3) is 2.70. The number of ether oxygens (including phenoxy) is 2. The topological polar surface area (TPSA) is 38.8 Å². The summed E-state index contributed by atoms with van der Waals surface area (Å²) in [4.78, 5) is 15.2. The first kappa shape index (κ1) is 17.4. The van der Waals surface area contributed by atoms with E-state index < -0.39 is 0 Å². The highest BCUT2D eigenvalue weighted by molar-refractivity contribution is 5.80. The fraction of sp³-hybridized carbons (Fsp3) is 0.375. The monoisotopic (exact) mass is 375 g/mol. The molecule has 0 saturated carbocycles. The summed E-state index contributed by atoms with van der Waals surface area (Å²) in [5.41, 5.74) is 3.92. The van der Waals surface area contributed by atoms with E-state index in [1.54, 1.807) is 7.11 Å². The zero-order valence-corrected chi connectivity index (χ0v) is 16.2. The number of allylic oxidation sites excluding steroid dienone is 1. The molecule has 2 heterocycles. The lowest BCUT2D eigenvalue weighted by Gasteiger charge is -2.41. The van der Waals surface area contributed by atoms with Crippen LogP contribution in [-0.4, -0.2) is 37.6 Å².